The number of carbonyl (C=O) groups is 2. The predicted octanol–water partition coefficient (Wildman–Crippen LogP) is 5.84. The van der Waals surface area contributed by atoms with Crippen LogP contribution in [-0.2, 0) is 4.79 Å². The number of piperidine rings is 1. The molecule has 1 aromatic heterocycles. The fourth-order valence-corrected chi connectivity index (χ4v) is 6.14. The van der Waals surface area contributed by atoms with Crippen LogP contribution in [0.2, 0.25) is 5.02 Å². The lowest BCUT2D eigenvalue weighted by molar-refractivity contribution is -0.110. The highest BCUT2D eigenvalue weighted by atomic mass is 35.5. The Labute approximate surface area is 222 Å². The normalized spacial score (nSPS) is 19.5. The molecule has 3 aliphatic heterocycles. The van der Waals surface area contributed by atoms with Crippen LogP contribution in [0.15, 0.2) is 48.5 Å². The summed E-state index contributed by atoms with van der Waals surface area (Å²) >= 11 is 6.11. The highest BCUT2D eigenvalue weighted by Gasteiger charge is 2.31. The summed E-state index contributed by atoms with van der Waals surface area (Å²) in [5, 5.41) is 3.66. The van der Waals surface area contributed by atoms with Crippen LogP contribution in [0.1, 0.15) is 53.0 Å². The molecule has 37 heavy (non-hydrogen) atoms. The Bertz CT molecular complexity index is 1380. The molecular formula is C30H31ClN4O2. The van der Waals surface area contributed by atoms with Crippen LogP contribution in [-0.4, -0.2) is 58.8 Å². The van der Waals surface area contributed by atoms with Crippen molar-refractivity contribution in [3.05, 3.63) is 76.1 Å². The number of benzene rings is 2. The minimum absolute atomic E-state index is 0.0284. The van der Waals surface area contributed by atoms with Crippen LogP contribution in [0.3, 0.4) is 0 Å². The smallest absolute Gasteiger partial charge is 0.256 e. The third-order valence-electron chi connectivity index (χ3n) is 7.89. The highest BCUT2D eigenvalue weighted by molar-refractivity contribution is 6.36. The van der Waals surface area contributed by atoms with Crippen LogP contribution in [0.25, 0.3) is 22.8 Å². The Kier molecular flexibility index (Phi) is 6.39. The van der Waals surface area contributed by atoms with E-state index < -0.39 is 0 Å². The van der Waals surface area contributed by atoms with Gasteiger partial charge in [0, 0.05) is 41.1 Å². The zero-order chi connectivity index (χ0) is 25.5. The first kappa shape index (κ1) is 24.0. The van der Waals surface area contributed by atoms with Gasteiger partial charge < -0.3 is 20.1 Å². The Hall–Kier alpha value is -3.35. The molecule has 4 heterocycles. The monoisotopic (exact) mass is 514 g/mol. The summed E-state index contributed by atoms with van der Waals surface area (Å²) in [6.07, 6.45) is 6.45. The number of fused-ring (bicyclic) bond motifs is 1. The average Bonchev–Trinajstić information content (AvgIpc) is 3.64. The number of aromatic amines is 1. The van der Waals surface area contributed by atoms with Gasteiger partial charge in [0.1, 0.15) is 0 Å². The van der Waals surface area contributed by atoms with Gasteiger partial charge in [0.15, 0.2) is 0 Å². The Morgan fingerprint density at radius 1 is 1.03 bits per heavy atom. The standard InChI is InChI=1S/C30H31ClN4O2/c1-19-17-24(30(37)35-15-11-22(12-16-35)34-13-2-3-14-34)27(32-19)18-25-28-23(20-7-9-21(31)10-8-20)5-4-6-26(28)33-29(25)36/h4-10,17-18,22,32H,2-3,11-16H2,1H3,(H,33,36). The molecule has 6 rings (SSSR count). The molecule has 0 atom stereocenters. The van der Waals surface area contributed by atoms with Crippen molar-refractivity contribution in [2.24, 2.45) is 0 Å². The number of aromatic nitrogens is 1. The molecule has 2 aromatic carbocycles. The van der Waals surface area contributed by atoms with Gasteiger partial charge >= 0.3 is 0 Å². The molecule has 2 saturated heterocycles. The van der Waals surface area contributed by atoms with E-state index in [1.54, 1.807) is 0 Å². The number of hydrogen-bond acceptors (Lipinski definition) is 3. The molecule has 2 amide bonds. The van der Waals surface area contributed by atoms with Crippen molar-refractivity contribution >= 4 is 40.8 Å². The van der Waals surface area contributed by atoms with E-state index in [1.165, 1.54) is 25.9 Å². The van der Waals surface area contributed by atoms with Crippen LogP contribution in [0.5, 0.6) is 0 Å². The third-order valence-corrected chi connectivity index (χ3v) is 8.14. The summed E-state index contributed by atoms with van der Waals surface area (Å²) in [4.78, 5) is 34.6. The Balaban J connectivity index is 1.30. The maximum absolute atomic E-state index is 13.6. The first-order valence-corrected chi connectivity index (χ1v) is 13.5. The molecule has 0 bridgehead atoms. The zero-order valence-corrected chi connectivity index (χ0v) is 21.8. The van der Waals surface area contributed by atoms with E-state index in [0.29, 0.717) is 27.9 Å². The number of aryl methyl sites for hydroxylation is 1. The van der Waals surface area contributed by atoms with Crippen molar-refractivity contribution in [3.8, 4) is 11.1 Å². The lowest BCUT2D eigenvalue weighted by atomic mass is 9.94. The molecule has 6 nitrogen and oxygen atoms in total. The van der Waals surface area contributed by atoms with Gasteiger partial charge in [0.2, 0.25) is 0 Å². The van der Waals surface area contributed by atoms with Crippen LogP contribution in [0, 0.1) is 6.92 Å². The summed E-state index contributed by atoms with van der Waals surface area (Å²) < 4.78 is 0. The molecule has 0 radical (unpaired) electrons. The lowest BCUT2D eigenvalue weighted by Crippen LogP contribution is -2.46. The summed E-state index contributed by atoms with van der Waals surface area (Å²) in [5.41, 5.74) is 6.26. The highest BCUT2D eigenvalue weighted by Crippen LogP contribution is 2.41. The maximum Gasteiger partial charge on any atom is 0.256 e. The molecular weight excluding hydrogens is 484 g/mol. The molecule has 190 valence electrons. The number of likely N-dealkylation sites (tertiary alicyclic amines) is 2. The SMILES string of the molecule is Cc1cc(C(=O)N2CCC(N3CCCC3)CC2)c(C=C2C(=O)Nc3cccc(-c4ccc(Cl)cc4)c32)[nH]1. The van der Waals surface area contributed by atoms with Crippen molar-refractivity contribution in [3.63, 3.8) is 0 Å². The van der Waals surface area contributed by atoms with Crippen LogP contribution < -0.4 is 5.32 Å². The molecule has 0 spiro atoms. The molecule has 3 aromatic rings. The fourth-order valence-electron chi connectivity index (χ4n) is 6.01. The first-order chi connectivity index (χ1) is 18.0. The van der Waals surface area contributed by atoms with E-state index in [2.05, 4.69) is 15.2 Å². The minimum atomic E-state index is -0.173. The van der Waals surface area contributed by atoms with Crippen molar-refractivity contribution in [2.45, 2.75) is 38.6 Å². The fraction of sp³-hybridized carbons (Fsp3) is 0.333. The van der Waals surface area contributed by atoms with Crippen molar-refractivity contribution in [1.82, 2.24) is 14.8 Å². The Morgan fingerprint density at radius 3 is 2.49 bits per heavy atom. The molecule has 3 aliphatic rings. The summed E-state index contributed by atoms with van der Waals surface area (Å²) in [6.45, 7) is 5.86. The molecule has 0 aliphatic carbocycles. The van der Waals surface area contributed by atoms with E-state index in [0.717, 1.165) is 54.0 Å². The number of rotatable bonds is 4. The van der Waals surface area contributed by atoms with Gasteiger partial charge in [-0.2, -0.15) is 0 Å². The van der Waals surface area contributed by atoms with E-state index >= 15 is 0 Å². The molecule has 7 heteroatoms. The zero-order valence-electron chi connectivity index (χ0n) is 21.0. The van der Waals surface area contributed by atoms with E-state index in [-0.39, 0.29) is 11.8 Å². The van der Waals surface area contributed by atoms with Gasteiger partial charge in [-0.3, -0.25) is 9.59 Å². The number of carbonyl (C=O) groups excluding carboxylic acids is 2. The number of nitrogens with one attached hydrogen (secondary N) is 2. The molecule has 0 saturated carbocycles. The second kappa shape index (κ2) is 9.84. The van der Waals surface area contributed by atoms with E-state index in [4.69, 9.17) is 11.6 Å². The average molecular weight is 515 g/mol. The number of halogens is 1. The van der Waals surface area contributed by atoms with Crippen LogP contribution >= 0.6 is 11.6 Å². The van der Waals surface area contributed by atoms with Gasteiger partial charge in [-0.15, -0.1) is 0 Å². The van der Waals surface area contributed by atoms with Gasteiger partial charge in [0.25, 0.3) is 11.8 Å². The van der Waals surface area contributed by atoms with Crippen molar-refractivity contribution in [2.75, 3.05) is 31.5 Å². The van der Waals surface area contributed by atoms with Gasteiger partial charge in [-0.25, -0.2) is 0 Å². The van der Waals surface area contributed by atoms with Gasteiger partial charge in [-0.1, -0.05) is 35.9 Å². The molecule has 0 unspecified atom stereocenters. The predicted molar refractivity (Wildman–Crippen MR) is 149 cm³/mol. The molecule has 2 N–H and O–H groups in total. The molecule has 2 fully saturated rings. The van der Waals surface area contributed by atoms with E-state index in [1.807, 2.05) is 66.4 Å². The number of anilines is 1. The number of nitrogens with zero attached hydrogens (tertiary/aromatic N) is 2. The second-order valence-corrected chi connectivity index (χ2v) is 10.7. The minimum Gasteiger partial charge on any atom is -0.358 e. The Morgan fingerprint density at radius 2 is 1.76 bits per heavy atom. The first-order valence-electron chi connectivity index (χ1n) is 13.1. The number of amides is 2. The van der Waals surface area contributed by atoms with Gasteiger partial charge in [-0.05, 0) is 87.2 Å². The summed E-state index contributed by atoms with van der Waals surface area (Å²) in [5.74, 6) is -0.144. The largest absolute Gasteiger partial charge is 0.358 e. The number of H-pyrrole nitrogens is 1. The quantitative estimate of drug-likeness (QED) is 0.430. The summed E-state index contributed by atoms with van der Waals surface area (Å²) in [7, 11) is 0. The lowest BCUT2D eigenvalue weighted by Gasteiger charge is -2.36. The maximum atomic E-state index is 13.6. The van der Waals surface area contributed by atoms with Gasteiger partial charge in [0.05, 0.1) is 16.8 Å². The third kappa shape index (κ3) is 4.60. The van der Waals surface area contributed by atoms with E-state index in [9.17, 15) is 9.59 Å². The van der Waals surface area contributed by atoms with Crippen LogP contribution in [0.4, 0.5) is 5.69 Å². The summed E-state index contributed by atoms with van der Waals surface area (Å²) in [6, 6.07) is 16.0. The number of hydrogen-bond donors (Lipinski definition) is 2. The topological polar surface area (TPSA) is 68.4 Å². The van der Waals surface area contributed by atoms with Crippen molar-refractivity contribution in [1.29, 1.82) is 0 Å². The second-order valence-electron chi connectivity index (χ2n) is 10.3. The van der Waals surface area contributed by atoms with Crippen molar-refractivity contribution < 1.29 is 9.59 Å².